The van der Waals surface area contributed by atoms with Gasteiger partial charge in [0.15, 0.2) is 5.82 Å². The van der Waals surface area contributed by atoms with Crippen molar-refractivity contribution < 1.29 is 22.4 Å². The van der Waals surface area contributed by atoms with Crippen molar-refractivity contribution in [2.45, 2.75) is 25.6 Å². The van der Waals surface area contributed by atoms with Crippen LogP contribution in [-0.2, 0) is 11.3 Å². The topological polar surface area (TPSA) is 74.2 Å². The van der Waals surface area contributed by atoms with E-state index in [0.29, 0.717) is 12.4 Å². The van der Waals surface area contributed by atoms with Crippen LogP contribution in [0.1, 0.15) is 24.6 Å². The summed E-state index contributed by atoms with van der Waals surface area (Å²) in [6.45, 7) is 0.425. The Bertz CT molecular complexity index is 327. The van der Waals surface area contributed by atoms with Gasteiger partial charge in [0.2, 0.25) is 0 Å². The Morgan fingerprint density at radius 1 is 1.50 bits per heavy atom. The van der Waals surface area contributed by atoms with E-state index in [1.54, 1.807) is 6.92 Å². The molecule has 0 bridgehead atoms. The summed E-state index contributed by atoms with van der Waals surface area (Å²) in [4.78, 5) is 3.85. The molecule has 92 valence electrons. The van der Waals surface area contributed by atoms with Gasteiger partial charge in [-0.3, -0.25) is 0 Å². The predicted molar refractivity (Wildman–Crippen MR) is 47.5 cm³/mol. The van der Waals surface area contributed by atoms with E-state index in [2.05, 4.69) is 14.9 Å². The second kappa shape index (κ2) is 5.26. The highest BCUT2D eigenvalue weighted by Crippen LogP contribution is 2.16. The Morgan fingerprint density at radius 3 is 2.75 bits per heavy atom. The Hall–Kier alpha value is -1.15. The third-order valence-electron chi connectivity index (χ3n) is 1.77. The van der Waals surface area contributed by atoms with Crippen LogP contribution in [-0.4, -0.2) is 29.5 Å². The Kier molecular flexibility index (Phi) is 4.25. The van der Waals surface area contributed by atoms with E-state index in [1.165, 1.54) is 0 Å². The van der Waals surface area contributed by atoms with Crippen LogP contribution in [0.3, 0.4) is 0 Å². The summed E-state index contributed by atoms with van der Waals surface area (Å²) in [5.74, 6) is 0.285. The molecule has 1 aromatic heterocycles. The number of hydrogen-bond donors (Lipinski definition) is 1. The van der Waals surface area contributed by atoms with Crippen molar-refractivity contribution in [2.24, 2.45) is 5.73 Å². The first-order chi connectivity index (χ1) is 7.42. The summed E-state index contributed by atoms with van der Waals surface area (Å²) < 4.78 is 44.3. The third kappa shape index (κ3) is 4.15. The minimum Gasteiger partial charge on any atom is -0.362 e. The summed E-state index contributed by atoms with van der Waals surface area (Å²) >= 11 is 0. The molecular formula is C8H12F3N3O2. The zero-order chi connectivity index (χ0) is 12.2. The van der Waals surface area contributed by atoms with Crippen molar-refractivity contribution in [1.29, 1.82) is 0 Å². The number of nitrogens with zero attached hydrogens (tertiary/aromatic N) is 2. The lowest BCUT2D eigenvalue weighted by Crippen LogP contribution is -2.16. The quantitative estimate of drug-likeness (QED) is 0.835. The number of aromatic nitrogens is 2. The van der Waals surface area contributed by atoms with Gasteiger partial charge in [-0.1, -0.05) is 12.1 Å². The fraction of sp³-hybridized carbons (Fsp3) is 0.750. The Morgan fingerprint density at radius 2 is 2.19 bits per heavy atom. The van der Waals surface area contributed by atoms with Gasteiger partial charge in [0.25, 0.3) is 5.89 Å². The van der Waals surface area contributed by atoms with E-state index in [4.69, 9.17) is 10.3 Å². The molecule has 8 heteroatoms. The van der Waals surface area contributed by atoms with Gasteiger partial charge in [0.05, 0.1) is 0 Å². The lowest BCUT2D eigenvalue weighted by molar-refractivity contribution is -0.178. The molecule has 1 unspecified atom stereocenters. The molecule has 0 radical (unpaired) electrons. The molecule has 0 saturated heterocycles. The maximum absolute atomic E-state index is 11.7. The van der Waals surface area contributed by atoms with Crippen LogP contribution in [0.4, 0.5) is 13.2 Å². The molecule has 5 nitrogen and oxygen atoms in total. The highest BCUT2D eigenvalue weighted by Gasteiger charge is 2.27. The first kappa shape index (κ1) is 12.9. The number of nitrogens with two attached hydrogens (primary N) is 1. The summed E-state index contributed by atoms with van der Waals surface area (Å²) in [5, 5.41) is 3.57. The normalized spacial score (nSPS) is 14.1. The highest BCUT2D eigenvalue weighted by atomic mass is 19.4. The van der Waals surface area contributed by atoms with Crippen LogP contribution in [0, 0.1) is 0 Å². The smallest absolute Gasteiger partial charge is 0.362 e. The minimum absolute atomic E-state index is 0.0135. The van der Waals surface area contributed by atoms with Gasteiger partial charge in [-0.15, -0.1) is 0 Å². The molecule has 0 fully saturated rings. The van der Waals surface area contributed by atoms with Gasteiger partial charge in [-0.2, -0.15) is 18.2 Å². The van der Waals surface area contributed by atoms with Crippen molar-refractivity contribution in [3.05, 3.63) is 11.7 Å². The van der Waals surface area contributed by atoms with E-state index in [9.17, 15) is 13.2 Å². The number of rotatable bonds is 5. The molecule has 1 rings (SSSR count). The molecular weight excluding hydrogens is 227 g/mol. The average Bonchev–Trinajstić information content (AvgIpc) is 2.63. The van der Waals surface area contributed by atoms with Gasteiger partial charge in [-0.05, 0) is 0 Å². The van der Waals surface area contributed by atoms with E-state index in [1.807, 2.05) is 0 Å². The van der Waals surface area contributed by atoms with E-state index >= 15 is 0 Å². The number of halogens is 3. The van der Waals surface area contributed by atoms with E-state index < -0.39 is 12.8 Å². The Balaban J connectivity index is 2.41. The summed E-state index contributed by atoms with van der Waals surface area (Å²) in [5.41, 5.74) is 5.37. The zero-order valence-corrected chi connectivity index (χ0v) is 8.62. The van der Waals surface area contributed by atoms with Crippen LogP contribution in [0.5, 0.6) is 0 Å². The molecule has 0 aliphatic carbocycles. The monoisotopic (exact) mass is 239 g/mol. The standard InChI is InChI=1S/C8H12F3N3O2/c1-5(2-12)7-13-6(16-14-7)3-15-4-8(9,10)11/h5H,2-4,12H2,1H3. The van der Waals surface area contributed by atoms with Crippen molar-refractivity contribution >= 4 is 0 Å². The largest absolute Gasteiger partial charge is 0.411 e. The third-order valence-corrected chi connectivity index (χ3v) is 1.77. The van der Waals surface area contributed by atoms with E-state index in [-0.39, 0.29) is 18.4 Å². The second-order valence-electron chi connectivity index (χ2n) is 3.29. The van der Waals surface area contributed by atoms with Crippen LogP contribution in [0.15, 0.2) is 4.52 Å². The predicted octanol–water partition coefficient (Wildman–Crippen LogP) is 1.21. The van der Waals surface area contributed by atoms with Crippen LogP contribution >= 0.6 is 0 Å². The molecule has 0 saturated carbocycles. The van der Waals surface area contributed by atoms with Crippen LogP contribution < -0.4 is 5.73 Å². The zero-order valence-electron chi connectivity index (χ0n) is 8.62. The molecule has 0 aliphatic rings. The number of hydrogen-bond acceptors (Lipinski definition) is 5. The summed E-state index contributed by atoms with van der Waals surface area (Å²) in [6, 6.07) is 0. The van der Waals surface area contributed by atoms with Crippen molar-refractivity contribution in [2.75, 3.05) is 13.2 Å². The SMILES string of the molecule is CC(CN)c1noc(COCC(F)(F)F)n1. The summed E-state index contributed by atoms with van der Waals surface area (Å²) in [6.07, 6.45) is -4.35. The molecule has 0 aliphatic heterocycles. The summed E-state index contributed by atoms with van der Waals surface area (Å²) in [7, 11) is 0. The second-order valence-corrected chi connectivity index (χ2v) is 3.29. The average molecular weight is 239 g/mol. The molecule has 16 heavy (non-hydrogen) atoms. The number of ether oxygens (including phenoxy) is 1. The highest BCUT2D eigenvalue weighted by molar-refractivity contribution is 4.93. The van der Waals surface area contributed by atoms with Crippen molar-refractivity contribution in [1.82, 2.24) is 10.1 Å². The fourth-order valence-electron chi connectivity index (χ4n) is 0.886. The van der Waals surface area contributed by atoms with E-state index in [0.717, 1.165) is 0 Å². The van der Waals surface area contributed by atoms with Gasteiger partial charge >= 0.3 is 6.18 Å². The molecule has 2 N–H and O–H groups in total. The lowest BCUT2D eigenvalue weighted by Gasteiger charge is -2.04. The van der Waals surface area contributed by atoms with Gasteiger partial charge in [-0.25, -0.2) is 0 Å². The number of alkyl halides is 3. The Labute approximate surface area is 89.8 Å². The van der Waals surface area contributed by atoms with Crippen molar-refractivity contribution in [3.8, 4) is 0 Å². The van der Waals surface area contributed by atoms with Crippen molar-refractivity contribution in [3.63, 3.8) is 0 Å². The molecule has 1 heterocycles. The molecule has 0 spiro atoms. The van der Waals surface area contributed by atoms with Gasteiger partial charge < -0.3 is 15.0 Å². The molecule has 1 aromatic rings. The molecule has 1 atom stereocenters. The fourth-order valence-corrected chi connectivity index (χ4v) is 0.886. The first-order valence-electron chi connectivity index (χ1n) is 4.59. The maximum atomic E-state index is 11.7. The minimum atomic E-state index is -4.35. The van der Waals surface area contributed by atoms with Gasteiger partial charge in [0.1, 0.15) is 13.2 Å². The molecule has 0 amide bonds. The first-order valence-corrected chi connectivity index (χ1v) is 4.59. The molecule has 0 aromatic carbocycles. The maximum Gasteiger partial charge on any atom is 0.411 e. The van der Waals surface area contributed by atoms with Crippen LogP contribution in [0.25, 0.3) is 0 Å². The lowest BCUT2D eigenvalue weighted by atomic mass is 10.2. The van der Waals surface area contributed by atoms with Gasteiger partial charge in [0, 0.05) is 12.5 Å². The van der Waals surface area contributed by atoms with Crippen LogP contribution in [0.2, 0.25) is 0 Å².